The molecule has 0 radical (unpaired) electrons. The van der Waals surface area contributed by atoms with Gasteiger partial charge in [0, 0.05) is 22.9 Å². The van der Waals surface area contributed by atoms with Crippen molar-refractivity contribution in [3.05, 3.63) is 126 Å². The lowest BCUT2D eigenvalue weighted by atomic mass is 9.99. The van der Waals surface area contributed by atoms with Crippen LogP contribution in [0, 0.1) is 0 Å². The van der Waals surface area contributed by atoms with Crippen molar-refractivity contribution in [3.63, 3.8) is 0 Å². The summed E-state index contributed by atoms with van der Waals surface area (Å²) in [6, 6.07) is 39.0. The van der Waals surface area contributed by atoms with Crippen molar-refractivity contribution < 1.29 is 5.11 Å². The molecule has 0 aliphatic carbocycles. The molecular weight excluding hydrogens is 508 g/mol. The van der Waals surface area contributed by atoms with Crippen LogP contribution in [-0.4, -0.2) is 16.3 Å². The summed E-state index contributed by atoms with van der Waals surface area (Å²) < 4.78 is 1.19. The maximum atomic E-state index is 10.6. The SMILES string of the molecule is CCCCc1cc(-c2ccccc2)c2nc(-c3ccccc3N=Cc3cc(-c4ccccc4)ccc3O)sc2c1. The number of aromatic hydroxyl groups is 1. The zero-order valence-corrected chi connectivity index (χ0v) is 23.2. The standard InChI is InChI=1S/C36H30N2OS/c1-2-3-12-25-21-31(27-15-8-5-9-16-27)35-34(22-25)40-36(38-35)30-17-10-11-18-32(30)37-24-29-23-28(19-20-33(29)39)26-13-6-4-7-14-26/h4-11,13-24,39H,2-3,12H2,1H3. The zero-order valence-electron chi connectivity index (χ0n) is 22.4. The number of fused-ring (bicyclic) bond motifs is 1. The predicted octanol–water partition coefficient (Wildman–Crippen LogP) is 10.1. The number of nitrogens with zero attached hydrogens (tertiary/aromatic N) is 2. The second-order valence-electron chi connectivity index (χ2n) is 9.89. The second-order valence-corrected chi connectivity index (χ2v) is 10.9. The maximum absolute atomic E-state index is 10.6. The van der Waals surface area contributed by atoms with E-state index in [-0.39, 0.29) is 5.75 Å². The largest absolute Gasteiger partial charge is 0.507 e. The summed E-state index contributed by atoms with van der Waals surface area (Å²) >= 11 is 1.71. The van der Waals surface area contributed by atoms with Gasteiger partial charge in [0.25, 0.3) is 0 Å². The smallest absolute Gasteiger partial charge is 0.126 e. The first kappa shape index (κ1) is 25.7. The summed E-state index contributed by atoms with van der Waals surface area (Å²) in [4.78, 5) is 10.0. The molecule has 0 aliphatic heterocycles. The van der Waals surface area contributed by atoms with Crippen LogP contribution in [0.15, 0.2) is 120 Å². The molecule has 5 aromatic carbocycles. The van der Waals surface area contributed by atoms with Crippen LogP contribution < -0.4 is 0 Å². The molecule has 6 rings (SSSR count). The molecule has 0 aliphatic rings. The summed E-state index contributed by atoms with van der Waals surface area (Å²) in [6.45, 7) is 2.23. The molecule has 3 nitrogen and oxygen atoms in total. The van der Waals surface area contributed by atoms with Crippen LogP contribution in [-0.2, 0) is 6.42 Å². The van der Waals surface area contributed by atoms with E-state index < -0.39 is 0 Å². The molecule has 4 heteroatoms. The molecule has 40 heavy (non-hydrogen) atoms. The van der Waals surface area contributed by atoms with Crippen LogP contribution in [0.2, 0.25) is 0 Å². The number of aromatic nitrogens is 1. The highest BCUT2D eigenvalue weighted by molar-refractivity contribution is 7.21. The van der Waals surface area contributed by atoms with Crippen LogP contribution in [0.5, 0.6) is 5.75 Å². The van der Waals surface area contributed by atoms with Crippen molar-refractivity contribution in [2.45, 2.75) is 26.2 Å². The fraction of sp³-hybridized carbons (Fsp3) is 0.111. The minimum Gasteiger partial charge on any atom is -0.507 e. The lowest BCUT2D eigenvalue weighted by molar-refractivity contribution is 0.474. The number of phenolic OH excluding ortho intramolecular Hbond substituents is 1. The Bertz CT molecular complexity index is 1790. The third-order valence-corrected chi connectivity index (χ3v) is 8.11. The molecule has 1 heterocycles. The quantitative estimate of drug-likeness (QED) is 0.196. The molecule has 0 saturated carbocycles. The average Bonchev–Trinajstić information content (AvgIpc) is 3.44. The van der Waals surface area contributed by atoms with Crippen molar-refractivity contribution in [2.75, 3.05) is 0 Å². The normalized spacial score (nSPS) is 11.4. The Kier molecular flexibility index (Phi) is 7.51. The number of hydrogen-bond donors (Lipinski definition) is 1. The van der Waals surface area contributed by atoms with Gasteiger partial charge in [0.05, 0.1) is 15.9 Å². The molecule has 0 fully saturated rings. The second kappa shape index (κ2) is 11.7. The Balaban J connectivity index is 1.40. The van der Waals surface area contributed by atoms with Crippen molar-refractivity contribution in [3.8, 4) is 38.6 Å². The summed E-state index contributed by atoms with van der Waals surface area (Å²) in [5, 5.41) is 11.5. The van der Waals surface area contributed by atoms with Gasteiger partial charge in [0.2, 0.25) is 0 Å². The maximum Gasteiger partial charge on any atom is 0.126 e. The van der Waals surface area contributed by atoms with Gasteiger partial charge in [-0.25, -0.2) is 4.98 Å². The van der Waals surface area contributed by atoms with Crippen LogP contribution in [0.25, 0.3) is 43.0 Å². The number of rotatable bonds is 8. The molecule has 1 aromatic heterocycles. The van der Waals surface area contributed by atoms with E-state index in [4.69, 9.17) is 9.98 Å². The lowest BCUT2D eigenvalue weighted by Gasteiger charge is -2.07. The van der Waals surface area contributed by atoms with Gasteiger partial charge in [0.1, 0.15) is 10.8 Å². The van der Waals surface area contributed by atoms with E-state index >= 15 is 0 Å². The van der Waals surface area contributed by atoms with E-state index in [1.165, 1.54) is 34.2 Å². The molecule has 0 bridgehead atoms. The number of aliphatic imine (C=N–C) groups is 1. The van der Waals surface area contributed by atoms with Gasteiger partial charge in [-0.2, -0.15) is 0 Å². The Hall–Kier alpha value is -4.54. The van der Waals surface area contributed by atoms with Crippen molar-refractivity contribution in [1.82, 2.24) is 4.98 Å². The fourth-order valence-electron chi connectivity index (χ4n) is 4.94. The van der Waals surface area contributed by atoms with Crippen LogP contribution in [0.1, 0.15) is 30.9 Å². The summed E-state index contributed by atoms with van der Waals surface area (Å²) in [7, 11) is 0. The van der Waals surface area contributed by atoms with E-state index in [1.807, 2.05) is 48.5 Å². The van der Waals surface area contributed by atoms with Crippen LogP contribution in [0.4, 0.5) is 5.69 Å². The third-order valence-electron chi connectivity index (χ3n) is 7.07. The molecule has 0 spiro atoms. The van der Waals surface area contributed by atoms with Gasteiger partial charge >= 0.3 is 0 Å². The summed E-state index contributed by atoms with van der Waals surface area (Å²) in [6.07, 6.45) is 5.14. The van der Waals surface area contributed by atoms with Gasteiger partial charge in [0.15, 0.2) is 0 Å². The molecule has 0 saturated heterocycles. The number of thiazole rings is 1. The first-order valence-electron chi connectivity index (χ1n) is 13.7. The van der Waals surface area contributed by atoms with E-state index in [1.54, 1.807) is 23.6 Å². The van der Waals surface area contributed by atoms with Gasteiger partial charge < -0.3 is 5.11 Å². The Labute approximate surface area is 239 Å². The fourth-order valence-corrected chi connectivity index (χ4v) is 6.03. The van der Waals surface area contributed by atoms with Gasteiger partial charge in [-0.1, -0.05) is 92.2 Å². The van der Waals surface area contributed by atoms with Gasteiger partial charge in [-0.05, 0) is 71.5 Å². The van der Waals surface area contributed by atoms with Gasteiger partial charge in [-0.15, -0.1) is 11.3 Å². The summed E-state index contributed by atoms with van der Waals surface area (Å²) in [5.74, 6) is 0.202. The van der Waals surface area contributed by atoms with Crippen LogP contribution >= 0.6 is 11.3 Å². The molecule has 6 aromatic rings. The van der Waals surface area contributed by atoms with Crippen LogP contribution in [0.3, 0.4) is 0 Å². The monoisotopic (exact) mass is 538 g/mol. The van der Waals surface area contributed by atoms with E-state index in [9.17, 15) is 5.11 Å². The Morgan fingerprint density at radius 1 is 0.750 bits per heavy atom. The molecular formula is C36H30N2OS. The number of aryl methyl sites for hydroxylation is 1. The number of unbranched alkanes of at least 4 members (excludes halogenated alkanes) is 1. The summed E-state index contributed by atoms with van der Waals surface area (Å²) in [5.41, 5.74) is 9.34. The first-order valence-corrected chi connectivity index (χ1v) is 14.5. The van der Waals surface area contributed by atoms with Gasteiger partial charge in [-0.3, -0.25) is 4.99 Å². The average molecular weight is 539 g/mol. The molecule has 0 atom stereocenters. The number of para-hydroxylation sites is 1. The zero-order chi connectivity index (χ0) is 27.3. The molecule has 0 unspecified atom stereocenters. The molecule has 0 amide bonds. The number of hydrogen-bond acceptors (Lipinski definition) is 4. The van der Waals surface area contributed by atoms with E-state index in [0.29, 0.717) is 5.56 Å². The minimum absolute atomic E-state index is 0.202. The van der Waals surface area contributed by atoms with E-state index in [0.717, 1.165) is 39.3 Å². The number of benzene rings is 5. The highest BCUT2D eigenvalue weighted by Crippen LogP contribution is 2.40. The highest BCUT2D eigenvalue weighted by Gasteiger charge is 2.15. The lowest BCUT2D eigenvalue weighted by Crippen LogP contribution is -1.88. The topological polar surface area (TPSA) is 45.5 Å². The third kappa shape index (κ3) is 5.45. The minimum atomic E-state index is 0.202. The first-order chi connectivity index (χ1) is 19.7. The van der Waals surface area contributed by atoms with Crippen molar-refractivity contribution in [1.29, 1.82) is 0 Å². The number of phenols is 1. The van der Waals surface area contributed by atoms with Crippen molar-refractivity contribution >= 4 is 33.5 Å². The van der Waals surface area contributed by atoms with Crippen molar-refractivity contribution in [2.24, 2.45) is 4.99 Å². The van der Waals surface area contributed by atoms with E-state index in [2.05, 4.69) is 67.6 Å². The molecule has 1 N–H and O–H groups in total. The predicted molar refractivity (Wildman–Crippen MR) is 170 cm³/mol. The Morgan fingerprint density at radius 2 is 1.48 bits per heavy atom. The highest BCUT2D eigenvalue weighted by atomic mass is 32.1. The molecule has 196 valence electrons. The Morgan fingerprint density at radius 3 is 2.25 bits per heavy atom.